The number of hydrogen-bond acceptors (Lipinski definition) is 4. The molecule has 9 heteroatoms. The minimum absolute atomic E-state index is 0.259. The number of halogens is 3. The lowest BCUT2D eigenvalue weighted by molar-refractivity contribution is -0.137. The molecule has 1 aliphatic heterocycles. The minimum atomic E-state index is -4.37. The molecule has 2 N–H and O–H groups in total. The molecule has 164 valence electrons. The first-order valence-corrected chi connectivity index (χ1v) is 10.7. The maximum absolute atomic E-state index is 13.3. The molecule has 0 bridgehead atoms. The van der Waals surface area contributed by atoms with Crippen LogP contribution < -0.4 is 15.5 Å². The smallest absolute Gasteiger partial charge is 0.369 e. The SMILES string of the molecule is CN=C(NCc1ccc(C)s1)NCc1cc(C(F)(F)F)ccc1N1CCN(C)CC1. The first-order valence-electron chi connectivity index (χ1n) is 9.89. The molecule has 5 nitrogen and oxygen atoms in total. The molecule has 1 aromatic heterocycles. The van der Waals surface area contributed by atoms with Crippen LogP contribution in [0.4, 0.5) is 18.9 Å². The van der Waals surface area contributed by atoms with Crippen molar-refractivity contribution in [3.8, 4) is 0 Å². The van der Waals surface area contributed by atoms with E-state index in [0.29, 0.717) is 18.1 Å². The van der Waals surface area contributed by atoms with Gasteiger partial charge in [0.15, 0.2) is 5.96 Å². The third-order valence-corrected chi connectivity index (χ3v) is 6.15. The molecule has 3 rings (SSSR count). The number of alkyl halides is 3. The van der Waals surface area contributed by atoms with Crippen LogP contribution in [0.25, 0.3) is 0 Å². The fourth-order valence-corrected chi connectivity index (χ4v) is 4.24. The van der Waals surface area contributed by atoms with Crippen molar-refractivity contribution >= 4 is 23.0 Å². The largest absolute Gasteiger partial charge is 0.416 e. The summed E-state index contributed by atoms with van der Waals surface area (Å²) >= 11 is 1.70. The Morgan fingerprint density at radius 1 is 1.07 bits per heavy atom. The molecule has 0 radical (unpaired) electrons. The number of piperazine rings is 1. The molecule has 2 heterocycles. The van der Waals surface area contributed by atoms with Crippen LogP contribution in [0.1, 0.15) is 20.9 Å². The summed E-state index contributed by atoms with van der Waals surface area (Å²) in [4.78, 5) is 11.0. The van der Waals surface area contributed by atoms with Crippen molar-refractivity contribution in [3.63, 3.8) is 0 Å². The average Bonchev–Trinajstić information content (AvgIpc) is 3.13. The van der Waals surface area contributed by atoms with Crippen molar-refractivity contribution < 1.29 is 13.2 Å². The monoisotopic (exact) mass is 439 g/mol. The van der Waals surface area contributed by atoms with E-state index in [1.54, 1.807) is 24.5 Å². The van der Waals surface area contributed by atoms with Crippen LogP contribution in [-0.4, -0.2) is 51.1 Å². The summed E-state index contributed by atoms with van der Waals surface area (Å²) in [5.74, 6) is 0.558. The summed E-state index contributed by atoms with van der Waals surface area (Å²) in [6.07, 6.45) is -4.37. The molecule has 1 saturated heterocycles. The first kappa shape index (κ1) is 22.4. The second kappa shape index (κ2) is 9.70. The van der Waals surface area contributed by atoms with Gasteiger partial charge in [0.2, 0.25) is 0 Å². The molecule has 1 fully saturated rings. The number of anilines is 1. The quantitative estimate of drug-likeness (QED) is 0.551. The molecule has 0 saturated carbocycles. The Bertz CT molecular complexity index is 870. The Balaban J connectivity index is 1.72. The van der Waals surface area contributed by atoms with Gasteiger partial charge in [-0.2, -0.15) is 13.2 Å². The number of aliphatic imine (C=N–C) groups is 1. The lowest BCUT2D eigenvalue weighted by Gasteiger charge is -2.35. The van der Waals surface area contributed by atoms with Crippen molar-refractivity contribution in [2.24, 2.45) is 4.99 Å². The predicted octanol–water partition coefficient (Wildman–Crippen LogP) is 3.69. The number of guanidine groups is 1. The summed E-state index contributed by atoms with van der Waals surface area (Å²) in [5.41, 5.74) is 0.825. The fourth-order valence-electron chi connectivity index (χ4n) is 3.41. The zero-order chi connectivity index (χ0) is 21.7. The summed E-state index contributed by atoms with van der Waals surface area (Å²) < 4.78 is 39.9. The Hall–Kier alpha value is -2.26. The molecular formula is C21H28F3N5S. The minimum Gasteiger partial charge on any atom is -0.369 e. The Labute approximate surface area is 179 Å². The van der Waals surface area contributed by atoms with Gasteiger partial charge in [-0.15, -0.1) is 11.3 Å². The van der Waals surface area contributed by atoms with Crippen molar-refractivity contribution in [1.29, 1.82) is 0 Å². The van der Waals surface area contributed by atoms with Crippen molar-refractivity contribution in [2.75, 3.05) is 45.2 Å². The standard InChI is InChI=1S/C21H28F3N5S/c1-15-4-6-18(30-15)14-27-20(25-2)26-13-16-12-17(21(22,23)24)5-7-19(16)29-10-8-28(3)9-11-29/h4-7,12H,8-11,13-14H2,1-3H3,(H2,25,26,27). The van der Waals surface area contributed by atoms with Crippen LogP contribution in [0, 0.1) is 6.92 Å². The lowest BCUT2D eigenvalue weighted by Crippen LogP contribution is -2.45. The third-order valence-electron chi connectivity index (χ3n) is 5.15. The van der Waals surface area contributed by atoms with Crippen LogP contribution in [0.15, 0.2) is 35.3 Å². The molecule has 0 amide bonds. The van der Waals surface area contributed by atoms with Crippen LogP contribution >= 0.6 is 11.3 Å². The van der Waals surface area contributed by atoms with Gasteiger partial charge < -0.3 is 20.4 Å². The molecular weight excluding hydrogens is 411 g/mol. The third kappa shape index (κ3) is 5.89. The zero-order valence-corrected chi connectivity index (χ0v) is 18.3. The number of benzene rings is 1. The second-order valence-electron chi connectivity index (χ2n) is 7.42. The Kier molecular flexibility index (Phi) is 7.25. The van der Waals surface area contributed by atoms with Gasteiger partial charge in [-0.25, -0.2) is 0 Å². The summed E-state index contributed by atoms with van der Waals surface area (Å²) in [5, 5.41) is 6.39. The molecule has 30 heavy (non-hydrogen) atoms. The van der Waals surface area contributed by atoms with Gasteiger partial charge in [0.25, 0.3) is 0 Å². The molecule has 2 aromatic rings. The van der Waals surface area contributed by atoms with E-state index in [4.69, 9.17) is 0 Å². The Morgan fingerprint density at radius 2 is 1.77 bits per heavy atom. The van der Waals surface area contributed by atoms with Gasteiger partial charge in [0, 0.05) is 55.2 Å². The van der Waals surface area contributed by atoms with E-state index in [2.05, 4.69) is 51.5 Å². The van der Waals surface area contributed by atoms with Crippen LogP contribution in [-0.2, 0) is 19.3 Å². The van der Waals surface area contributed by atoms with Gasteiger partial charge in [-0.1, -0.05) is 0 Å². The molecule has 1 aromatic carbocycles. The van der Waals surface area contributed by atoms with E-state index < -0.39 is 11.7 Å². The van der Waals surface area contributed by atoms with E-state index >= 15 is 0 Å². The second-order valence-corrected chi connectivity index (χ2v) is 8.80. The Morgan fingerprint density at radius 3 is 2.37 bits per heavy atom. The summed E-state index contributed by atoms with van der Waals surface area (Å²) in [7, 11) is 3.71. The van der Waals surface area contributed by atoms with E-state index in [1.807, 2.05) is 0 Å². The number of nitrogens with one attached hydrogen (secondary N) is 2. The van der Waals surface area contributed by atoms with Crippen molar-refractivity contribution in [2.45, 2.75) is 26.2 Å². The molecule has 0 aliphatic carbocycles. The lowest BCUT2D eigenvalue weighted by atomic mass is 10.1. The number of thiophene rings is 1. The fraction of sp³-hybridized carbons (Fsp3) is 0.476. The number of nitrogens with zero attached hydrogens (tertiary/aromatic N) is 3. The highest BCUT2D eigenvalue weighted by molar-refractivity contribution is 7.11. The summed E-state index contributed by atoms with van der Waals surface area (Å²) in [6, 6.07) is 8.12. The van der Waals surface area contributed by atoms with E-state index in [1.165, 1.54) is 21.9 Å². The normalized spacial score (nSPS) is 16.1. The number of rotatable bonds is 5. The topological polar surface area (TPSA) is 42.9 Å². The molecule has 1 aliphatic rings. The average molecular weight is 440 g/mol. The van der Waals surface area contributed by atoms with Crippen molar-refractivity contribution in [3.05, 3.63) is 51.2 Å². The maximum atomic E-state index is 13.3. The maximum Gasteiger partial charge on any atom is 0.416 e. The van der Waals surface area contributed by atoms with Crippen molar-refractivity contribution in [1.82, 2.24) is 15.5 Å². The van der Waals surface area contributed by atoms with Gasteiger partial charge in [0.05, 0.1) is 12.1 Å². The van der Waals surface area contributed by atoms with E-state index in [9.17, 15) is 13.2 Å². The molecule has 0 spiro atoms. The highest BCUT2D eigenvalue weighted by Crippen LogP contribution is 2.33. The van der Waals surface area contributed by atoms with Crippen LogP contribution in [0.3, 0.4) is 0 Å². The first-order chi connectivity index (χ1) is 14.3. The van der Waals surface area contributed by atoms with Gasteiger partial charge in [-0.05, 0) is 49.9 Å². The van der Waals surface area contributed by atoms with Gasteiger partial charge in [-0.3, -0.25) is 4.99 Å². The number of likely N-dealkylation sites (N-methyl/N-ethyl adjacent to an activating group) is 1. The highest BCUT2D eigenvalue weighted by Gasteiger charge is 2.31. The van der Waals surface area contributed by atoms with Gasteiger partial charge >= 0.3 is 6.18 Å². The summed E-state index contributed by atoms with van der Waals surface area (Å²) in [6.45, 7) is 6.28. The van der Waals surface area contributed by atoms with Crippen LogP contribution in [0.5, 0.6) is 0 Å². The number of aryl methyl sites for hydroxylation is 1. The van der Waals surface area contributed by atoms with Gasteiger partial charge in [0.1, 0.15) is 0 Å². The number of hydrogen-bond donors (Lipinski definition) is 2. The van der Waals surface area contributed by atoms with E-state index in [-0.39, 0.29) is 6.54 Å². The van der Waals surface area contributed by atoms with Crippen LogP contribution in [0.2, 0.25) is 0 Å². The zero-order valence-electron chi connectivity index (χ0n) is 17.5. The van der Waals surface area contributed by atoms with E-state index in [0.717, 1.165) is 31.9 Å². The molecule has 0 unspecified atom stereocenters. The molecule has 0 atom stereocenters. The predicted molar refractivity (Wildman–Crippen MR) is 117 cm³/mol. The highest BCUT2D eigenvalue weighted by atomic mass is 32.1.